The molecule has 1 N–H and O–H groups in total. The van der Waals surface area contributed by atoms with E-state index in [1.54, 1.807) is 12.1 Å². The monoisotopic (exact) mass is 443 g/mol. The van der Waals surface area contributed by atoms with Crippen molar-refractivity contribution in [1.82, 2.24) is 15.5 Å². The first-order valence-corrected chi connectivity index (χ1v) is 11.7. The van der Waals surface area contributed by atoms with Gasteiger partial charge in [0.15, 0.2) is 0 Å². The zero-order valence-electron chi connectivity index (χ0n) is 17.4. The fraction of sp³-hybridized carbons (Fsp3) is 0.192. The van der Waals surface area contributed by atoms with Crippen molar-refractivity contribution >= 4 is 28.4 Å². The Hall–Kier alpha value is -3.25. The largest absolute Gasteiger partial charge is 0.348 e. The van der Waals surface area contributed by atoms with Crippen LogP contribution in [0.15, 0.2) is 83.9 Å². The van der Waals surface area contributed by atoms with Crippen molar-refractivity contribution in [2.75, 3.05) is 5.75 Å². The van der Waals surface area contributed by atoms with Crippen LogP contribution in [0.5, 0.6) is 0 Å². The van der Waals surface area contributed by atoms with E-state index in [9.17, 15) is 9.18 Å². The van der Waals surface area contributed by atoms with Gasteiger partial charge in [-0.1, -0.05) is 66.4 Å². The van der Waals surface area contributed by atoms with Crippen LogP contribution in [0, 0.1) is 11.7 Å². The maximum absolute atomic E-state index is 13.3. The third-order valence-corrected chi connectivity index (χ3v) is 6.66. The molecule has 1 aliphatic carbocycles. The molecule has 0 aliphatic heterocycles. The number of hydrogen-bond acceptors (Lipinski definition) is 4. The summed E-state index contributed by atoms with van der Waals surface area (Å²) in [6.45, 7) is 0. The summed E-state index contributed by atoms with van der Waals surface area (Å²) >= 11 is 1.39. The maximum atomic E-state index is 13.3. The Labute approximate surface area is 190 Å². The predicted octanol–water partition coefficient (Wildman–Crippen LogP) is 5.80. The number of carbonyl (C=O) groups excluding carboxylic acids is 1. The van der Waals surface area contributed by atoms with Gasteiger partial charge in [-0.25, -0.2) is 4.39 Å². The summed E-state index contributed by atoms with van der Waals surface area (Å²) in [4.78, 5) is 12.8. The summed E-state index contributed by atoms with van der Waals surface area (Å²) in [5, 5.41) is 14.6. The number of aromatic nitrogens is 2. The molecular weight excluding hydrogens is 421 g/mol. The Morgan fingerprint density at radius 2 is 1.62 bits per heavy atom. The number of nitrogens with one attached hydrogen (secondary N) is 1. The highest BCUT2D eigenvalue weighted by atomic mass is 32.2. The molecule has 0 radical (unpaired) electrons. The molecule has 1 saturated carbocycles. The van der Waals surface area contributed by atoms with Gasteiger partial charge in [-0.3, -0.25) is 4.79 Å². The van der Waals surface area contributed by atoms with Crippen LogP contribution in [0.3, 0.4) is 0 Å². The average Bonchev–Trinajstić information content (AvgIpc) is 3.67. The molecule has 3 aromatic carbocycles. The fourth-order valence-electron chi connectivity index (χ4n) is 3.92. The maximum Gasteiger partial charge on any atom is 0.230 e. The van der Waals surface area contributed by atoms with Crippen molar-refractivity contribution < 1.29 is 9.18 Å². The summed E-state index contributed by atoms with van der Waals surface area (Å²) in [6, 6.07) is 24.3. The van der Waals surface area contributed by atoms with Crippen LogP contribution in [0.25, 0.3) is 22.0 Å². The van der Waals surface area contributed by atoms with Gasteiger partial charge in [0.1, 0.15) is 16.5 Å². The van der Waals surface area contributed by atoms with E-state index in [4.69, 9.17) is 0 Å². The van der Waals surface area contributed by atoms with Gasteiger partial charge in [0.25, 0.3) is 0 Å². The summed E-state index contributed by atoms with van der Waals surface area (Å²) in [6.07, 6.45) is 2.29. The topological polar surface area (TPSA) is 54.9 Å². The Morgan fingerprint density at radius 3 is 2.34 bits per heavy atom. The molecule has 1 aromatic heterocycles. The second-order valence-electron chi connectivity index (χ2n) is 7.99. The highest BCUT2D eigenvalue weighted by molar-refractivity contribution is 8.00. The van der Waals surface area contributed by atoms with Gasteiger partial charge in [-0.05, 0) is 48.6 Å². The lowest BCUT2D eigenvalue weighted by molar-refractivity contribution is -0.119. The number of amides is 1. The Morgan fingerprint density at radius 1 is 0.938 bits per heavy atom. The summed E-state index contributed by atoms with van der Waals surface area (Å²) in [5.74, 6) is 0.486. The number of thioether (sulfide) groups is 1. The van der Waals surface area contributed by atoms with Gasteiger partial charge in [0, 0.05) is 16.3 Å². The average molecular weight is 444 g/mol. The molecule has 1 fully saturated rings. The highest BCUT2D eigenvalue weighted by Crippen LogP contribution is 2.41. The van der Waals surface area contributed by atoms with Crippen molar-refractivity contribution in [2.45, 2.75) is 23.9 Å². The molecule has 6 heteroatoms. The van der Waals surface area contributed by atoms with Crippen molar-refractivity contribution in [3.05, 3.63) is 90.2 Å². The quantitative estimate of drug-likeness (QED) is 0.367. The number of fused-ring (bicyclic) bond motifs is 1. The molecule has 32 heavy (non-hydrogen) atoms. The molecule has 0 spiro atoms. The van der Waals surface area contributed by atoms with E-state index >= 15 is 0 Å². The third kappa shape index (κ3) is 4.50. The lowest BCUT2D eigenvalue weighted by atomic mass is 10.0. The second kappa shape index (κ2) is 9.09. The lowest BCUT2D eigenvalue weighted by Gasteiger charge is -2.18. The standard InChI is InChI=1S/C26H22FN3OS/c27-20-14-12-19(13-15-20)25-21-8-4-5-9-22(21)26(30-29-25)32-16-23(31)28-24(18-10-11-18)17-6-2-1-3-7-17/h1-9,12-15,18,24H,10-11,16H2,(H,28,31). The molecular formula is C26H22FN3OS. The first-order chi connectivity index (χ1) is 15.7. The van der Waals surface area contributed by atoms with Crippen molar-refractivity contribution in [3.8, 4) is 11.3 Å². The van der Waals surface area contributed by atoms with Gasteiger partial charge in [0.05, 0.1) is 11.8 Å². The SMILES string of the molecule is O=C(CSc1nnc(-c2ccc(F)cc2)c2ccccc12)NC(c1ccccc1)C1CC1. The van der Waals surface area contributed by atoms with Crippen LogP contribution in [-0.4, -0.2) is 21.9 Å². The van der Waals surface area contributed by atoms with Gasteiger partial charge >= 0.3 is 0 Å². The number of rotatable bonds is 7. The van der Waals surface area contributed by atoms with Crippen LogP contribution in [0.4, 0.5) is 4.39 Å². The van der Waals surface area contributed by atoms with Gasteiger partial charge in [-0.2, -0.15) is 0 Å². The molecule has 0 bridgehead atoms. The number of benzene rings is 3. The number of hydrogen-bond donors (Lipinski definition) is 1. The van der Waals surface area contributed by atoms with Crippen molar-refractivity contribution in [1.29, 1.82) is 0 Å². The van der Waals surface area contributed by atoms with Crippen LogP contribution >= 0.6 is 11.8 Å². The molecule has 4 nitrogen and oxygen atoms in total. The zero-order chi connectivity index (χ0) is 21.9. The van der Waals surface area contributed by atoms with E-state index in [-0.39, 0.29) is 23.5 Å². The van der Waals surface area contributed by atoms with E-state index in [1.807, 2.05) is 42.5 Å². The van der Waals surface area contributed by atoms with Crippen LogP contribution in [0.1, 0.15) is 24.4 Å². The van der Waals surface area contributed by atoms with Gasteiger partial charge in [-0.15, -0.1) is 10.2 Å². The smallest absolute Gasteiger partial charge is 0.230 e. The molecule has 1 heterocycles. The lowest BCUT2D eigenvalue weighted by Crippen LogP contribution is -2.31. The first kappa shape index (κ1) is 20.6. The minimum absolute atomic E-state index is 0.00996. The third-order valence-electron chi connectivity index (χ3n) is 5.68. The Kier molecular flexibility index (Phi) is 5.86. The summed E-state index contributed by atoms with van der Waals surface area (Å²) < 4.78 is 13.3. The molecule has 5 rings (SSSR count). The van der Waals surface area contributed by atoms with E-state index in [0.717, 1.165) is 34.7 Å². The molecule has 0 saturated heterocycles. The highest BCUT2D eigenvalue weighted by Gasteiger charge is 2.33. The van der Waals surface area contributed by atoms with E-state index < -0.39 is 0 Å². The van der Waals surface area contributed by atoms with E-state index in [0.29, 0.717) is 16.6 Å². The zero-order valence-corrected chi connectivity index (χ0v) is 18.2. The normalized spacial score (nSPS) is 14.3. The van der Waals surface area contributed by atoms with Crippen molar-refractivity contribution in [3.63, 3.8) is 0 Å². The number of nitrogens with zero attached hydrogens (tertiary/aromatic N) is 2. The molecule has 1 amide bonds. The number of carbonyl (C=O) groups is 1. The minimum Gasteiger partial charge on any atom is -0.348 e. The van der Waals surface area contributed by atoms with Gasteiger partial charge in [0.2, 0.25) is 5.91 Å². The predicted molar refractivity (Wildman–Crippen MR) is 126 cm³/mol. The molecule has 160 valence electrons. The van der Waals surface area contributed by atoms with E-state index in [1.165, 1.54) is 23.9 Å². The van der Waals surface area contributed by atoms with Crippen molar-refractivity contribution in [2.24, 2.45) is 5.92 Å². The Balaban J connectivity index is 1.34. The Bertz CT molecular complexity index is 1240. The van der Waals surface area contributed by atoms with E-state index in [2.05, 4.69) is 27.6 Å². The summed E-state index contributed by atoms with van der Waals surface area (Å²) in [5.41, 5.74) is 2.66. The fourth-order valence-corrected chi connectivity index (χ4v) is 4.70. The first-order valence-electron chi connectivity index (χ1n) is 10.7. The van der Waals surface area contributed by atoms with Crippen LogP contribution in [0.2, 0.25) is 0 Å². The van der Waals surface area contributed by atoms with Crippen LogP contribution < -0.4 is 5.32 Å². The second-order valence-corrected chi connectivity index (χ2v) is 8.95. The molecule has 1 unspecified atom stereocenters. The molecule has 1 aliphatic rings. The van der Waals surface area contributed by atoms with Crippen LogP contribution in [-0.2, 0) is 4.79 Å². The van der Waals surface area contributed by atoms with Gasteiger partial charge < -0.3 is 5.32 Å². The molecule has 1 atom stereocenters. The molecule has 4 aromatic rings. The summed E-state index contributed by atoms with van der Waals surface area (Å²) in [7, 11) is 0. The number of halogens is 1. The minimum atomic E-state index is -0.288.